The molecule has 0 amide bonds. The average Bonchev–Trinajstić information content (AvgIpc) is 2.75. The Balaban J connectivity index is 2.21. The lowest BCUT2D eigenvalue weighted by Crippen LogP contribution is -2.08. The lowest BCUT2D eigenvalue weighted by atomic mass is 10.2. The second-order valence-corrected chi connectivity index (χ2v) is 3.68. The number of halogens is 3. The minimum absolute atomic E-state index is 0.0894. The van der Waals surface area contributed by atoms with Crippen molar-refractivity contribution in [2.24, 2.45) is 0 Å². The van der Waals surface area contributed by atoms with Crippen LogP contribution >= 0.6 is 0 Å². The van der Waals surface area contributed by atoms with E-state index in [0.29, 0.717) is 11.3 Å². The van der Waals surface area contributed by atoms with Crippen LogP contribution < -0.4 is 0 Å². The number of rotatable bonds is 3. The lowest BCUT2D eigenvalue weighted by Gasteiger charge is -2.06. The van der Waals surface area contributed by atoms with Gasteiger partial charge in [0.15, 0.2) is 11.3 Å². The van der Waals surface area contributed by atoms with Crippen LogP contribution in [0.2, 0.25) is 0 Å². The van der Waals surface area contributed by atoms with E-state index in [4.69, 9.17) is 5.26 Å². The van der Waals surface area contributed by atoms with Crippen LogP contribution in [0.3, 0.4) is 0 Å². The molecular weight excluding hydrogens is 247 g/mol. The number of fused-ring (bicyclic) bond motifs is 1. The minimum Gasteiger partial charge on any atom is -0.237 e. The highest BCUT2D eigenvalue weighted by Crippen LogP contribution is 2.22. The molecule has 0 radical (unpaired) electrons. The van der Waals surface area contributed by atoms with Gasteiger partial charge in [-0.1, -0.05) is 0 Å². The molecule has 2 heterocycles. The first-order valence-electron chi connectivity index (χ1n) is 5.16. The van der Waals surface area contributed by atoms with E-state index in [0.717, 1.165) is 0 Å². The van der Waals surface area contributed by atoms with Gasteiger partial charge in [-0.3, -0.25) is 0 Å². The molecule has 2 rings (SSSR count). The van der Waals surface area contributed by atoms with E-state index in [1.807, 2.05) is 6.07 Å². The summed E-state index contributed by atoms with van der Waals surface area (Å²) < 4.78 is 37.5. The smallest absolute Gasteiger partial charge is 0.237 e. The first kappa shape index (κ1) is 12.3. The molecule has 0 aliphatic rings. The fourth-order valence-corrected chi connectivity index (χ4v) is 1.57. The number of hydrogen-bond acceptors (Lipinski definition) is 4. The number of hydrogen-bond donors (Lipinski definition) is 0. The highest BCUT2D eigenvalue weighted by atomic mass is 19.4. The quantitative estimate of drug-likeness (QED) is 0.839. The van der Waals surface area contributed by atoms with Gasteiger partial charge in [0.1, 0.15) is 12.4 Å². The van der Waals surface area contributed by atoms with Crippen LogP contribution in [0.4, 0.5) is 13.2 Å². The molecule has 0 atom stereocenters. The molecule has 2 aromatic rings. The third-order valence-electron chi connectivity index (χ3n) is 2.32. The van der Waals surface area contributed by atoms with Gasteiger partial charge in [0.05, 0.1) is 11.9 Å². The van der Waals surface area contributed by atoms with Crippen molar-refractivity contribution in [2.75, 3.05) is 0 Å². The summed E-state index contributed by atoms with van der Waals surface area (Å²) in [5.41, 5.74) is 0.849. The zero-order valence-electron chi connectivity index (χ0n) is 9.15. The van der Waals surface area contributed by atoms with E-state index in [9.17, 15) is 13.2 Å². The van der Waals surface area contributed by atoms with E-state index >= 15 is 0 Å². The summed E-state index contributed by atoms with van der Waals surface area (Å²) in [6.45, 7) is 0. The van der Waals surface area contributed by atoms with Gasteiger partial charge in [0, 0.05) is 6.42 Å². The zero-order valence-corrected chi connectivity index (χ0v) is 9.15. The fourth-order valence-electron chi connectivity index (χ4n) is 1.57. The summed E-state index contributed by atoms with van der Waals surface area (Å²) in [5, 5.41) is 12.6. The lowest BCUT2D eigenvalue weighted by molar-refractivity contribution is -0.135. The molecule has 8 heteroatoms. The van der Waals surface area contributed by atoms with Crippen molar-refractivity contribution in [1.82, 2.24) is 19.6 Å². The summed E-state index contributed by atoms with van der Waals surface area (Å²) in [4.78, 5) is 7.87. The Morgan fingerprint density at radius 2 is 2.17 bits per heavy atom. The number of aryl methyl sites for hydroxylation is 1. The first-order valence-corrected chi connectivity index (χ1v) is 5.16. The normalized spacial score (nSPS) is 11.7. The molecule has 0 saturated carbocycles. The predicted molar refractivity (Wildman–Crippen MR) is 54.5 cm³/mol. The minimum atomic E-state index is -4.18. The Hall–Kier alpha value is -2.17. The molecule has 0 unspecified atom stereocenters. The Bertz CT molecular complexity index is 596. The van der Waals surface area contributed by atoms with Gasteiger partial charge in [-0.15, -0.1) is 0 Å². The fraction of sp³-hybridized carbons (Fsp3) is 0.400. The van der Waals surface area contributed by atoms with Crippen LogP contribution in [0, 0.1) is 11.3 Å². The zero-order chi connectivity index (χ0) is 13.2. The Kier molecular flexibility index (Phi) is 3.14. The van der Waals surface area contributed by atoms with Gasteiger partial charge >= 0.3 is 6.18 Å². The SMILES string of the molecule is N#Cc1cn2ncnc2c(CCCC(F)(F)F)n1. The van der Waals surface area contributed by atoms with E-state index in [1.165, 1.54) is 17.0 Å². The van der Waals surface area contributed by atoms with Crippen LogP contribution in [0.15, 0.2) is 12.5 Å². The topological polar surface area (TPSA) is 66.9 Å². The largest absolute Gasteiger partial charge is 0.389 e. The van der Waals surface area contributed by atoms with E-state index in [-0.39, 0.29) is 18.5 Å². The highest BCUT2D eigenvalue weighted by molar-refractivity contribution is 5.44. The van der Waals surface area contributed by atoms with Gasteiger partial charge in [0.25, 0.3) is 0 Å². The second kappa shape index (κ2) is 4.60. The predicted octanol–water partition coefficient (Wildman–Crippen LogP) is 1.88. The maximum Gasteiger partial charge on any atom is 0.389 e. The van der Waals surface area contributed by atoms with Crippen molar-refractivity contribution in [1.29, 1.82) is 5.26 Å². The molecule has 0 bridgehead atoms. The standard InChI is InChI=1S/C10H8F3N5/c11-10(12,13)3-1-2-8-9-15-6-16-18(9)5-7(4-14)17-8/h5-6H,1-3H2. The third kappa shape index (κ3) is 2.74. The Labute approximate surface area is 99.9 Å². The van der Waals surface area contributed by atoms with E-state index in [2.05, 4.69) is 15.1 Å². The van der Waals surface area contributed by atoms with Crippen molar-refractivity contribution in [3.05, 3.63) is 23.9 Å². The van der Waals surface area contributed by atoms with Crippen molar-refractivity contribution in [3.8, 4) is 6.07 Å². The number of aromatic nitrogens is 4. The van der Waals surface area contributed by atoms with Crippen molar-refractivity contribution in [3.63, 3.8) is 0 Å². The molecule has 18 heavy (non-hydrogen) atoms. The molecule has 0 N–H and O–H groups in total. The maximum atomic E-state index is 12.1. The number of alkyl halides is 3. The molecule has 94 valence electrons. The van der Waals surface area contributed by atoms with Crippen molar-refractivity contribution in [2.45, 2.75) is 25.4 Å². The Morgan fingerprint density at radius 1 is 1.39 bits per heavy atom. The van der Waals surface area contributed by atoms with E-state index in [1.54, 1.807) is 0 Å². The number of nitrogens with zero attached hydrogens (tertiary/aromatic N) is 5. The van der Waals surface area contributed by atoms with Gasteiger partial charge in [-0.05, 0) is 12.8 Å². The van der Waals surface area contributed by atoms with E-state index < -0.39 is 12.6 Å². The summed E-state index contributed by atoms with van der Waals surface area (Å²) in [6, 6.07) is 1.83. The van der Waals surface area contributed by atoms with Crippen LogP contribution in [-0.2, 0) is 6.42 Å². The average molecular weight is 255 g/mol. The number of nitriles is 1. The van der Waals surface area contributed by atoms with Crippen molar-refractivity contribution < 1.29 is 13.2 Å². The molecule has 0 aliphatic carbocycles. The second-order valence-electron chi connectivity index (χ2n) is 3.68. The molecule has 0 fully saturated rings. The van der Waals surface area contributed by atoms with Crippen molar-refractivity contribution >= 4 is 5.65 Å². The summed E-state index contributed by atoms with van der Waals surface area (Å²) in [7, 11) is 0. The van der Waals surface area contributed by atoms with Gasteiger partial charge < -0.3 is 0 Å². The van der Waals surface area contributed by atoms with Crippen LogP contribution in [0.25, 0.3) is 5.65 Å². The molecule has 0 aliphatic heterocycles. The molecule has 0 spiro atoms. The Morgan fingerprint density at radius 3 is 2.83 bits per heavy atom. The summed E-state index contributed by atoms with van der Waals surface area (Å²) in [6.07, 6.45) is -2.39. The molecule has 2 aromatic heterocycles. The molecular formula is C10H8F3N5. The van der Waals surface area contributed by atoms with Gasteiger partial charge in [-0.2, -0.15) is 23.5 Å². The summed E-state index contributed by atoms with van der Waals surface area (Å²) >= 11 is 0. The first-order chi connectivity index (χ1) is 8.49. The van der Waals surface area contributed by atoms with Crippen LogP contribution in [-0.4, -0.2) is 25.8 Å². The monoisotopic (exact) mass is 255 g/mol. The van der Waals surface area contributed by atoms with Gasteiger partial charge in [0.2, 0.25) is 0 Å². The molecule has 0 aromatic carbocycles. The summed E-state index contributed by atoms with van der Waals surface area (Å²) in [5.74, 6) is 0. The molecule has 5 nitrogen and oxygen atoms in total. The van der Waals surface area contributed by atoms with Crippen LogP contribution in [0.1, 0.15) is 24.2 Å². The maximum absolute atomic E-state index is 12.1. The van der Waals surface area contributed by atoms with Crippen LogP contribution in [0.5, 0.6) is 0 Å². The highest BCUT2D eigenvalue weighted by Gasteiger charge is 2.26. The molecule has 0 saturated heterocycles. The van der Waals surface area contributed by atoms with Gasteiger partial charge in [-0.25, -0.2) is 14.5 Å². The third-order valence-corrected chi connectivity index (χ3v) is 2.32.